The van der Waals surface area contributed by atoms with Crippen molar-refractivity contribution in [2.24, 2.45) is 0 Å². The van der Waals surface area contributed by atoms with Gasteiger partial charge in [0.25, 0.3) is 5.56 Å². The molecule has 5 nitrogen and oxygen atoms in total. The third-order valence-electron chi connectivity index (χ3n) is 4.04. The second-order valence-electron chi connectivity index (χ2n) is 5.90. The van der Waals surface area contributed by atoms with Gasteiger partial charge in [0.2, 0.25) is 5.91 Å². The Kier molecular flexibility index (Phi) is 6.04. The van der Waals surface area contributed by atoms with Gasteiger partial charge in [-0.1, -0.05) is 35.5 Å². The van der Waals surface area contributed by atoms with Gasteiger partial charge in [0.05, 0.1) is 10.6 Å². The zero-order valence-corrected chi connectivity index (χ0v) is 17.2. The minimum Gasteiger partial charge on any atom is -0.325 e. The van der Waals surface area contributed by atoms with Crippen molar-refractivity contribution in [3.63, 3.8) is 0 Å². The maximum Gasteiger partial charge on any atom is 0.263 e. The molecule has 0 aliphatic carbocycles. The maximum atomic E-state index is 12.7. The zero-order valence-electron chi connectivity index (χ0n) is 14.9. The molecule has 8 heteroatoms. The standard InChI is InChI=1S/C19H18ClN3O2S2/c1-4-9-23-18(25)13-8-10-26-17(13)22-19(23)27-12(3)16(24)21-15-7-5-6-14(20)11(15)2/h4-8,10,12H,1,9H2,2-3H3,(H,21,24). The number of nitrogens with zero attached hydrogens (tertiary/aromatic N) is 2. The van der Waals surface area contributed by atoms with Crippen LogP contribution in [0.1, 0.15) is 12.5 Å². The van der Waals surface area contributed by atoms with Crippen molar-refractivity contribution in [1.29, 1.82) is 0 Å². The van der Waals surface area contributed by atoms with Crippen LogP contribution in [0.15, 0.2) is 52.3 Å². The number of hydrogen-bond acceptors (Lipinski definition) is 5. The van der Waals surface area contributed by atoms with E-state index in [1.807, 2.05) is 12.3 Å². The fourth-order valence-corrected chi connectivity index (χ4v) is 4.40. The molecule has 0 radical (unpaired) electrons. The number of thioether (sulfide) groups is 1. The summed E-state index contributed by atoms with van der Waals surface area (Å²) in [6.07, 6.45) is 1.64. The van der Waals surface area contributed by atoms with Crippen LogP contribution in [0, 0.1) is 6.92 Å². The smallest absolute Gasteiger partial charge is 0.263 e. The largest absolute Gasteiger partial charge is 0.325 e. The quantitative estimate of drug-likeness (QED) is 0.356. The monoisotopic (exact) mass is 419 g/mol. The van der Waals surface area contributed by atoms with E-state index in [1.54, 1.807) is 41.8 Å². The Labute approximate surface area is 170 Å². The SMILES string of the molecule is C=CCn1c(SC(C)C(=O)Nc2cccc(Cl)c2C)nc2sccc2c1=O. The summed E-state index contributed by atoms with van der Waals surface area (Å²) < 4.78 is 1.54. The van der Waals surface area contributed by atoms with E-state index in [2.05, 4.69) is 16.9 Å². The number of thiophene rings is 1. The fraction of sp³-hybridized carbons (Fsp3) is 0.211. The van der Waals surface area contributed by atoms with Crippen molar-refractivity contribution in [2.75, 3.05) is 5.32 Å². The van der Waals surface area contributed by atoms with E-state index in [0.717, 1.165) is 5.56 Å². The van der Waals surface area contributed by atoms with Crippen molar-refractivity contribution in [2.45, 2.75) is 30.8 Å². The number of aromatic nitrogens is 2. The van der Waals surface area contributed by atoms with Crippen molar-refractivity contribution < 1.29 is 4.79 Å². The number of rotatable bonds is 6. The lowest BCUT2D eigenvalue weighted by molar-refractivity contribution is -0.115. The molecule has 140 valence electrons. The molecular weight excluding hydrogens is 402 g/mol. The number of anilines is 1. The Balaban J connectivity index is 1.86. The number of nitrogens with one attached hydrogen (secondary N) is 1. The molecule has 0 aliphatic heterocycles. The van der Waals surface area contributed by atoms with Gasteiger partial charge in [-0.3, -0.25) is 14.2 Å². The topological polar surface area (TPSA) is 64.0 Å². The van der Waals surface area contributed by atoms with Gasteiger partial charge in [-0.15, -0.1) is 17.9 Å². The second kappa shape index (κ2) is 8.29. The molecule has 1 atom stereocenters. The molecule has 1 aromatic carbocycles. The van der Waals surface area contributed by atoms with Crippen LogP contribution in [0.4, 0.5) is 5.69 Å². The van der Waals surface area contributed by atoms with Crippen molar-refractivity contribution in [1.82, 2.24) is 9.55 Å². The van der Waals surface area contributed by atoms with Gasteiger partial charge >= 0.3 is 0 Å². The van der Waals surface area contributed by atoms with Crippen LogP contribution in [-0.2, 0) is 11.3 Å². The number of benzene rings is 1. The summed E-state index contributed by atoms with van der Waals surface area (Å²) in [7, 11) is 0. The summed E-state index contributed by atoms with van der Waals surface area (Å²) in [6, 6.07) is 7.14. The highest BCUT2D eigenvalue weighted by atomic mass is 35.5. The lowest BCUT2D eigenvalue weighted by atomic mass is 10.2. The van der Waals surface area contributed by atoms with E-state index in [-0.39, 0.29) is 11.5 Å². The number of amides is 1. The summed E-state index contributed by atoms with van der Waals surface area (Å²) in [5.74, 6) is -0.184. The molecule has 3 aromatic rings. The number of fused-ring (bicyclic) bond motifs is 1. The normalized spacial score (nSPS) is 12.1. The van der Waals surface area contributed by atoms with Crippen molar-refractivity contribution in [3.05, 3.63) is 63.2 Å². The molecular formula is C19H18ClN3O2S2. The molecule has 1 amide bonds. The predicted octanol–water partition coefficient (Wildman–Crippen LogP) is 4.73. The predicted molar refractivity (Wildman–Crippen MR) is 114 cm³/mol. The van der Waals surface area contributed by atoms with Gasteiger partial charge in [0.1, 0.15) is 4.83 Å². The first-order valence-corrected chi connectivity index (χ1v) is 10.4. The Hall–Kier alpha value is -2.09. The third-order valence-corrected chi connectivity index (χ3v) is 6.34. The molecule has 0 aliphatic rings. The Bertz CT molecular complexity index is 1070. The van der Waals surface area contributed by atoms with Gasteiger partial charge < -0.3 is 5.32 Å². The van der Waals surface area contributed by atoms with Gasteiger partial charge in [0, 0.05) is 17.3 Å². The summed E-state index contributed by atoms with van der Waals surface area (Å²) in [5.41, 5.74) is 1.36. The van der Waals surface area contributed by atoms with Crippen molar-refractivity contribution >= 4 is 56.5 Å². The van der Waals surface area contributed by atoms with E-state index < -0.39 is 5.25 Å². The van der Waals surface area contributed by atoms with E-state index in [0.29, 0.717) is 32.6 Å². The first kappa shape index (κ1) is 19.7. The highest BCUT2D eigenvalue weighted by molar-refractivity contribution is 8.00. The van der Waals surface area contributed by atoms with Crippen LogP contribution in [0.3, 0.4) is 0 Å². The van der Waals surface area contributed by atoms with Crippen LogP contribution < -0.4 is 10.9 Å². The lowest BCUT2D eigenvalue weighted by Gasteiger charge is -2.16. The molecule has 0 saturated heterocycles. The first-order valence-electron chi connectivity index (χ1n) is 8.24. The zero-order chi connectivity index (χ0) is 19.6. The highest BCUT2D eigenvalue weighted by Gasteiger charge is 2.20. The second-order valence-corrected chi connectivity index (χ2v) is 8.51. The van der Waals surface area contributed by atoms with Crippen LogP contribution in [0.5, 0.6) is 0 Å². The number of hydrogen-bond donors (Lipinski definition) is 1. The molecule has 3 rings (SSSR count). The van der Waals surface area contributed by atoms with E-state index in [4.69, 9.17) is 11.6 Å². The van der Waals surface area contributed by atoms with Crippen molar-refractivity contribution in [3.8, 4) is 0 Å². The Morgan fingerprint density at radius 1 is 1.48 bits per heavy atom. The minimum absolute atomic E-state index is 0.123. The summed E-state index contributed by atoms with van der Waals surface area (Å²) >= 11 is 8.76. The lowest BCUT2D eigenvalue weighted by Crippen LogP contribution is -2.26. The summed E-state index contributed by atoms with van der Waals surface area (Å²) in [4.78, 5) is 30.6. The summed E-state index contributed by atoms with van der Waals surface area (Å²) in [5, 5.41) is 5.95. The third kappa shape index (κ3) is 4.10. The molecule has 2 heterocycles. The first-order chi connectivity index (χ1) is 12.9. The Morgan fingerprint density at radius 2 is 2.26 bits per heavy atom. The van der Waals surface area contributed by atoms with E-state index in [9.17, 15) is 9.59 Å². The molecule has 0 saturated carbocycles. The molecule has 0 spiro atoms. The molecule has 0 bridgehead atoms. The average molecular weight is 420 g/mol. The van der Waals surface area contributed by atoms with Crippen LogP contribution in [0.25, 0.3) is 10.2 Å². The molecule has 1 unspecified atom stereocenters. The maximum absolute atomic E-state index is 12.7. The summed E-state index contributed by atoms with van der Waals surface area (Å²) in [6.45, 7) is 7.67. The molecule has 2 aromatic heterocycles. The van der Waals surface area contributed by atoms with Gasteiger partial charge in [-0.2, -0.15) is 0 Å². The number of halogens is 1. The fourth-order valence-electron chi connectivity index (χ4n) is 2.50. The molecule has 0 fully saturated rings. The Morgan fingerprint density at radius 3 is 3.00 bits per heavy atom. The van der Waals surface area contributed by atoms with E-state index >= 15 is 0 Å². The molecule has 1 N–H and O–H groups in total. The van der Waals surface area contributed by atoms with E-state index in [1.165, 1.54) is 23.1 Å². The number of allylic oxidation sites excluding steroid dienone is 1. The average Bonchev–Trinajstić information content (AvgIpc) is 3.11. The number of carbonyl (C=O) groups is 1. The van der Waals surface area contributed by atoms with Crippen LogP contribution in [0.2, 0.25) is 5.02 Å². The number of carbonyl (C=O) groups excluding carboxylic acids is 1. The van der Waals surface area contributed by atoms with Gasteiger partial charge in [0.15, 0.2) is 5.16 Å². The highest BCUT2D eigenvalue weighted by Crippen LogP contribution is 2.27. The minimum atomic E-state index is -0.455. The van der Waals surface area contributed by atoms with Gasteiger partial charge in [-0.05, 0) is 43.0 Å². The van der Waals surface area contributed by atoms with Crippen LogP contribution >= 0.6 is 34.7 Å². The van der Waals surface area contributed by atoms with Gasteiger partial charge in [-0.25, -0.2) is 4.98 Å². The van der Waals surface area contributed by atoms with Crippen LogP contribution in [-0.4, -0.2) is 20.7 Å². The molecule has 27 heavy (non-hydrogen) atoms.